The van der Waals surface area contributed by atoms with Gasteiger partial charge >= 0.3 is 0 Å². The quantitative estimate of drug-likeness (QED) is 0.403. The van der Waals surface area contributed by atoms with E-state index in [0.717, 1.165) is 17.3 Å². The van der Waals surface area contributed by atoms with Gasteiger partial charge < -0.3 is 9.73 Å². The summed E-state index contributed by atoms with van der Waals surface area (Å²) in [5, 5.41) is 12.6. The number of nitrogens with zero attached hydrogens (tertiary/aromatic N) is 2. The Morgan fingerprint density at radius 2 is 1.91 bits per heavy atom. The second-order valence-electron chi connectivity index (χ2n) is 7.14. The molecular formula is C24H17ClFN3O3S. The summed E-state index contributed by atoms with van der Waals surface area (Å²) in [7, 11) is 0. The fourth-order valence-corrected chi connectivity index (χ4v) is 4.75. The highest BCUT2D eigenvalue weighted by atomic mass is 35.5. The summed E-state index contributed by atoms with van der Waals surface area (Å²) in [4.78, 5) is 27.5. The van der Waals surface area contributed by atoms with Crippen molar-refractivity contribution in [2.45, 2.75) is 18.2 Å². The van der Waals surface area contributed by atoms with Gasteiger partial charge in [-0.25, -0.2) is 4.39 Å². The van der Waals surface area contributed by atoms with Gasteiger partial charge in [0.2, 0.25) is 5.91 Å². The number of rotatable bonds is 6. The van der Waals surface area contributed by atoms with Crippen LogP contribution in [0.25, 0.3) is 0 Å². The molecule has 1 fully saturated rings. The molecule has 166 valence electrons. The van der Waals surface area contributed by atoms with Crippen molar-refractivity contribution in [3.63, 3.8) is 0 Å². The normalized spacial score (nSPS) is 17.1. The van der Waals surface area contributed by atoms with Crippen molar-refractivity contribution in [2.24, 2.45) is 0 Å². The zero-order chi connectivity index (χ0) is 23.4. The van der Waals surface area contributed by atoms with Crippen molar-refractivity contribution < 1.29 is 18.4 Å². The molecule has 2 aromatic carbocycles. The predicted molar refractivity (Wildman–Crippen MR) is 124 cm³/mol. The van der Waals surface area contributed by atoms with Crippen LogP contribution in [0.1, 0.15) is 11.3 Å². The average molecular weight is 482 g/mol. The van der Waals surface area contributed by atoms with Crippen LogP contribution in [0.3, 0.4) is 0 Å². The Balaban J connectivity index is 1.67. The molecule has 1 aromatic heterocycles. The highest BCUT2D eigenvalue weighted by molar-refractivity contribution is 8.05. The second-order valence-corrected chi connectivity index (χ2v) is 8.77. The van der Waals surface area contributed by atoms with Crippen LogP contribution in [0.4, 0.5) is 10.1 Å². The Kier molecular flexibility index (Phi) is 6.82. The van der Waals surface area contributed by atoms with Gasteiger partial charge in [0, 0.05) is 10.7 Å². The SMILES string of the molecule is N#C/C(C(=O)NCc1ccco1)=C1/S[C@@H](Cc2ccc(Cl)cc2)C(=O)N1c1ccc(F)cc1. The third kappa shape index (κ3) is 5.11. The Bertz CT molecular complexity index is 1240. The van der Waals surface area contributed by atoms with Crippen LogP contribution in [0, 0.1) is 17.1 Å². The van der Waals surface area contributed by atoms with Crippen LogP contribution in [0.2, 0.25) is 5.02 Å². The summed E-state index contributed by atoms with van der Waals surface area (Å²) < 4.78 is 18.7. The third-order valence-electron chi connectivity index (χ3n) is 4.93. The highest BCUT2D eigenvalue weighted by Gasteiger charge is 2.40. The Morgan fingerprint density at radius 1 is 1.18 bits per heavy atom. The van der Waals surface area contributed by atoms with E-state index < -0.39 is 17.0 Å². The summed E-state index contributed by atoms with van der Waals surface area (Å²) in [6.07, 6.45) is 1.85. The number of hydrogen-bond donors (Lipinski definition) is 1. The number of nitriles is 1. The van der Waals surface area contributed by atoms with Crippen molar-refractivity contribution in [1.29, 1.82) is 5.26 Å². The fourth-order valence-electron chi connectivity index (χ4n) is 3.32. The minimum absolute atomic E-state index is 0.0909. The fraction of sp³-hybridized carbons (Fsp3) is 0.125. The number of halogens is 2. The lowest BCUT2D eigenvalue weighted by molar-refractivity contribution is -0.117. The topological polar surface area (TPSA) is 86.3 Å². The van der Waals surface area contributed by atoms with Gasteiger partial charge in [0.25, 0.3) is 5.91 Å². The van der Waals surface area contributed by atoms with Crippen LogP contribution < -0.4 is 10.2 Å². The maximum Gasteiger partial charge on any atom is 0.265 e. The van der Waals surface area contributed by atoms with Crippen molar-refractivity contribution in [2.75, 3.05) is 4.90 Å². The number of anilines is 1. The van der Waals surface area contributed by atoms with E-state index in [4.69, 9.17) is 16.0 Å². The molecule has 0 unspecified atom stereocenters. The van der Waals surface area contributed by atoms with Gasteiger partial charge in [-0.1, -0.05) is 35.5 Å². The maximum atomic E-state index is 13.5. The number of benzene rings is 2. The number of carbonyl (C=O) groups excluding carboxylic acids is 2. The van der Waals surface area contributed by atoms with E-state index in [0.29, 0.717) is 22.9 Å². The van der Waals surface area contributed by atoms with Gasteiger partial charge in [0.15, 0.2) is 0 Å². The zero-order valence-corrected chi connectivity index (χ0v) is 18.7. The van der Waals surface area contributed by atoms with Gasteiger partial charge in [-0.05, 0) is 60.5 Å². The molecule has 2 amide bonds. The summed E-state index contributed by atoms with van der Waals surface area (Å²) in [5.74, 6) is -0.874. The molecule has 4 rings (SSSR count). The Morgan fingerprint density at radius 3 is 2.55 bits per heavy atom. The molecule has 1 aliphatic heterocycles. The minimum atomic E-state index is -0.636. The van der Waals surface area contributed by atoms with E-state index in [1.54, 1.807) is 24.3 Å². The summed E-state index contributed by atoms with van der Waals surface area (Å²) in [6.45, 7) is 0.0909. The molecule has 9 heteroatoms. The van der Waals surface area contributed by atoms with Crippen molar-refractivity contribution in [3.05, 3.63) is 99.7 Å². The number of thioether (sulfide) groups is 1. The molecule has 2 heterocycles. The van der Waals surface area contributed by atoms with E-state index in [1.807, 2.05) is 18.2 Å². The number of amides is 2. The first-order valence-corrected chi connectivity index (χ1v) is 11.2. The molecule has 0 saturated carbocycles. The smallest absolute Gasteiger partial charge is 0.265 e. The first-order chi connectivity index (χ1) is 16.0. The lowest BCUT2D eigenvalue weighted by Gasteiger charge is -2.18. The number of carbonyl (C=O) groups is 2. The largest absolute Gasteiger partial charge is 0.467 e. The van der Waals surface area contributed by atoms with Gasteiger partial charge in [-0.15, -0.1) is 0 Å². The zero-order valence-electron chi connectivity index (χ0n) is 17.1. The predicted octanol–water partition coefficient (Wildman–Crippen LogP) is 4.81. The Hall–Kier alpha value is -3.54. The van der Waals surface area contributed by atoms with Crippen molar-refractivity contribution in [3.8, 4) is 6.07 Å². The molecule has 1 N–H and O–H groups in total. The summed E-state index contributed by atoms with van der Waals surface area (Å²) in [6, 6.07) is 17.7. The van der Waals surface area contributed by atoms with Crippen LogP contribution in [0.5, 0.6) is 0 Å². The molecule has 6 nitrogen and oxygen atoms in total. The first-order valence-electron chi connectivity index (χ1n) is 9.92. The molecule has 0 radical (unpaired) electrons. The van der Waals surface area contributed by atoms with Gasteiger partial charge in [-0.3, -0.25) is 14.5 Å². The van der Waals surface area contributed by atoms with Gasteiger partial charge in [0.1, 0.15) is 28.2 Å². The summed E-state index contributed by atoms with van der Waals surface area (Å²) >= 11 is 7.08. The number of furan rings is 1. The van der Waals surface area contributed by atoms with Gasteiger partial charge in [-0.2, -0.15) is 5.26 Å². The van der Waals surface area contributed by atoms with E-state index in [1.165, 1.54) is 35.4 Å². The molecule has 1 aliphatic rings. The second kappa shape index (κ2) is 9.94. The van der Waals surface area contributed by atoms with E-state index in [-0.39, 0.29) is 23.1 Å². The molecular weight excluding hydrogens is 465 g/mol. The summed E-state index contributed by atoms with van der Waals surface area (Å²) in [5.41, 5.74) is 1.04. The molecule has 0 aliphatic carbocycles. The monoisotopic (exact) mass is 481 g/mol. The van der Waals surface area contributed by atoms with Crippen LogP contribution in [-0.4, -0.2) is 17.1 Å². The number of nitrogens with one attached hydrogen (secondary N) is 1. The molecule has 1 atom stereocenters. The van der Waals surface area contributed by atoms with Crippen LogP contribution in [-0.2, 0) is 22.6 Å². The maximum absolute atomic E-state index is 13.5. The van der Waals surface area contributed by atoms with Gasteiger partial charge in [0.05, 0.1) is 18.1 Å². The van der Waals surface area contributed by atoms with Crippen molar-refractivity contribution >= 4 is 40.9 Å². The van der Waals surface area contributed by atoms with E-state index in [2.05, 4.69) is 5.32 Å². The first kappa shape index (κ1) is 22.6. The highest BCUT2D eigenvalue weighted by Crippen LogP contribution is 2.42. The van der Waals surface area contributed by atoms with Crippen molar-refractivity contribution in [1.82, 2.24) is 5.32 Å². The molecule has 0 spiro atoms. The van der Waals surface area contributed by atoms with Crippen LogP contribution in [0.15, 0.2) is 81.9 Å². The molecule has 0 bridgehead atoms. The number of hydrogen-bond acceptors (Lipinski definition) is 5. The lowest BCUT2D eigenvalue weighted by Crippen LogP contribution is -2.32. The molecule has 3 aromatic rings. The lowest BCUT2D eigenvalue weighted by atomic mass is 10.1. The molecule has 33 heavy (non-hydrogen) atoms. The average Bonchev–Trinajstić information content (AvgIpc) is 3.44. The standard InChI is InChI=1S/C24H17ClFN3O3S/c25-16-5-3-15(4-6-16)12-21-23(31)29(18-9-7-17(26)8-10-18)24(33-21)20(13-27)22(30)28-14-19-2-1-11-32-19/h1-11,21H,12,14H2,(H,28,30)/b24-20-/t21-/m0/s1. The van der Waals surface area contributed by atoms with E-state index in [9.17, 15) is 19.2 Å². The van der Waals surface area contributed by atoms with Crippen LogP contribution >= 0.6 is 23.4 Å². The van der Waals surface area contributed by atoms with E-state index >= 15 is 0 Å². The third-order valence-corrected chi connectivity index (χ3v) is 6.44. The molecule has 1 saturated heterocycles. The minimum Gasteiger partial charge on any atom is -0.467 e. The Labute approximate surface area is 198 Å².